The molecule has 0 unspecified atom stereocenters. The van der Waals surface area contributed by atoms with Crippen LogP contribution in [0.15, 0.2) is 115 Å². The van der Waals surface area contributed by atoms with Crippen LogP contribution in [0.3, 0.4) is 0 Å². The summed E-state index contributed by atoms with van der Waals surface area (Å²) in [5.74, 6) is -0.910. The van der Waals surface area contributed by atoms with Gasteiger partial charge in [0.25, 0.3) is 11.8 Å². The molecule has 0 N–H and O–H groups in total. The molecule has 1 aliphatic rings. The van der Waals surface area contributed by atoms with Crippen LogP contribution in [0.4, 0.5) is 11.4 Å². The molecule has 0 saturated carbocycles. The highest BCUT2D eigenvalue weighted by Crippen LogP contribution is 2.30. The number of carbonyl (C=O) groups excluding carboxylic acids is 2. The second kappa shape index (κ2) is 10.3. The van der Waals surface area contributed by atoms with Crippen LogP contribution in [0.1, 0.15) is 16.7 Å². The fourth-order valence-electron chi connectivity index (χ4n) is 4.10. The Hall–Kier alpha value is -4.06. The number of halogens is 1. The quantitative estimate of drug-likeness (QED) is 0.171. The van der Waals surface area contributed by atoms with Gasteiger partial charge in [-0.2, -0.15) is 0 Å². The van der Waals surface area contributed by atoms with Crippen molar-refractivity contribution in [2.45, 2.75) is 6.42 Å². The Morgan fingerprint density at radius 1 is 0.667 bits per heavy atom. The highest BCUT2D eigenvalue weighted by Gasteiger charge is 2.41. The minimum Gasteiger partial charge on any atom is -0.268 e. The summed E-state index contributed by atoms with van der Waals surface area (Å²) >= 11 is 11.9. The van der Waals surface area contributed by atoms with Crippen LogP contribution in [0.2, 0.25) is 5.02 Å². The monoisotopic (exact) mass is 508 g/mol. The maximum absolute atomic E-state index is 13.6. The molecule has 0 atom stereocenters. The molecule has 0 spiro atoms. The van der Waals surface area contributed by atoms with E-state index in [-0.39, 0.29) is 10.7 Å². The third-order valence-electron chi connectivity index (χ3n) is 5.92. The number of rotatable bonds is 5. The number of hydrogen-bond acceptors (Lipinski definition) is 3. The number of para-hydroxylation sites is 2. The first-order valence-electron chi connectivity index (χ1n) is 11.4. The molecule has 0 aromatic heterocycles. The van der Waals surface area contributed by atoms with Gasteiger partial charge in [-0.1, -0.05) is 90.5 Å². The topological polar surface area (TPSA) is 40.6 Å². The molecule has 4 aromatic carbocycles. The van der Waals surface area contributed by atoms with E-state index in [1.54, 1.807) is 30.3 Å². The molecule has 1 fully saturated rings. The SMILES string of the molecule is O=C1C(=Cc2ccc(Cc3ccccc3Cl)cc2)C(=O)N(c2ccccc2)C(=S)N1c1ccccc1. The molecular weight excluding hydrogens is 488 g/mol. The Bertz CT molecular complexity index is 1400. The van der Waals surface area contributed by atoms with E-state index in [9.17, 15) is 9.59 Å². The maximum Gasteiger partial charge on any atom is 0.270 e. The molecule has 176 valence electrons. The van der Waals surface area contributed by atoms with Crippen LogP contribution >= 0.6 is 23.8 Å². The number of thiocarbonyl (C=S) groups is 1. The number of nitrogens with zero attached hydrogens (tertiary/aromatic N) is 2. The molecule has 0 bridgehead atoms. The lowest BCUT2D eigenvalue weighted by atomic mass is 10.0. The van der Waals surface area contributed by atoms with Crippen LogP contribution in [0.5, 0.6) is 0 Å². The zero-order valence-electron chi connectivity index (χ0n) is 19.2. The van der Waals surface area contributed by atoms with Crippen molar-refractivity contribution in [1.29, 1.82) is 0 Å². The average Bonchev–Trinajstić information content (AvgIpc) is 2.90. The first-order chi connectivity index (χ1) is 17.5. The average molecular weight is 509 g/mol. The fraction of sp³-hybridized carbons (Fsp3) is 0.0333. The van der Waals surface area contributed by atoms with Crippen LogP contribution in [-0.4, -0.2) is 16.9 Å². The van der Waals surface area contributed by atoms with Gasteiger partial charge < -0.3 is 0 Å². The molecule has 1 aliphatic heterocycles. The molecule has 4 aromatic rings. The van der Waals surface area contributed by atoms with E-state index < -0.39 is 11.8 Å². The normalized spacial score (nSPS) is 13.8. The first kappa shape index (κ1) is 23.7. The van der Waals surface area contributed by atoms with E-state index in [4.69, 9.17) is 23.8 Å². The molecule has 36 heavy (non-hydrogen) atoms. The van der Waals surface area contributed by atoms with Gasteiger partial charge in [-0.25, -0.2) is 0 Å². The van der Waals surface area contributed by atoms with E-state index >= 15 is 0 Å². The van der Waals surface area contributed by atoms with Crippen molar-refractivity contribution in [3.8, 4) is 0 Å². The number of carbonyl (C=O) groups is 2. The van der Waals surface area contributed by atoms with E-state index in [1.165, 1.54) is 9.80 Å². The smallest absolute Gasteiger partial charge is 0.268 e. The third kappa shape index (κ3) is 4.71. The van der Waals surface area contributed by atoms with Gasteiger partial charge in [0.1, 0.15) is 5.57 Å². The van der Waals surface area contributed by atoms with Gasteiger partial charge in [0, 0.05) is 5.02 Å². The molecule has 5 rings (SSSR count). The number of hydrogen-bond donors (Lipinski definition) is 0. The Morgan fingerprint density at radius 3 is 1.69 bits per heavy atom. The Kier molecular flexibility index (Phi) is 6.76. The van der Waals surface area contributed by atoms with E-state index in [0.717, 1.165) is 21.7 Å². The first-order valence-corrected chi connectivity index (χ1v) is 12.2. The van der Waals surface area contributed by atoms with E-state index in [1.807, 2.05) is 84.9 Å². The van der Waals surface area contributed by atoms with Crippen LogP contribution in [-0.2, 0) is 16.0 Å². The molecule has 1 heterocycles. The highest BCUT2D eigenvalue weighted by atomic mass is 35.5. The lowest BCUT2D eigenvalue weighted by Crippen LogP contribution is -2.56. The Morgan fingerprint density at radius 2 is 1.17 bits per heavy atom. The Labute approximate surface area is 220 Å². The van der Waals surface area contributed by atoms with Crippen molar-refractivity contribution in [3.63, 3.8) is 0 Å². The van der Waals surface area contributed by atoms with Crippen molar-refractivity contribution in [1.82, 2.24) is 0 Å². The van der Waals surface area contributed by atoms with Crippen LogP contribution in [0.25, 0.3) is 6.08 Å². The summed E-state index contributed by atoms with van der Waals surface area (Å²) in [5, 5.41) is 0.842. The minimum absolute atomic E-state index is 0.0372. The molecule has 2 amide bonds. The van der Waals surface area contributed by atoms with Crippen LogP contribution < -0.4 is 9.80 Å². The van der Waals surface area contributed by atoms with Crippen molar-refractivity contribution in [2.24, 2.45) is 0 Å². The third-order valence-corrected chi connectivity index (χ3v) is 6.66. The summed E-state index contributed by atoms with van der Waals surface area (Å²) in [4.78, 5) is 30.0. The summed E-state index contributed by atoms with van der Waals surface area (Å²) in [7, 11) is 0. The molecule has 0 aliphatic carbocycles. The predicted molar refractivity (Wildman–Crippen MR) is 149 cm³/mol. The van der Waals surface area contributed by atoms with Crippen molar-refractivity contribution < 1.29 is 9.59 Å². The number of benzene rings is 4. The van der Waals surface area contributed by atoms with Crippen molar-refractivity contribution in [3.05, 3.63) is 136 Å². The number of anilines is 2. The van der Waals surface area contributed by atoms with Crippen LogP contribution in [0, 0.1) is 0 Å². The van der Waals surface area contributed by atoms with Gasteiger partial charge in [-0.05, 0) is 71.7 Å². The van der Waals surface area contributed by atoms with Gasteiger partial charge in [0.2, 0.25) is 0 Å². The van der Waals surface area contributed by atoms with Gasteiger partial charge in [-0.15, -0.1) is 0 Å². The fourth-order valence-corrected chi connectivity index (χ4v) is 4.68. The van der Waals surface area contributed by atoms with Gasteiger partial charge in [-0.3, -0.25) is 19.4 Å². The summed E-state index contributed by atoms with van der Waals surface area (Å²) < 4.78 is 0. The minimum atomic E-state index is -0.455. The summed E-state index contributed by atoms with van der Waals surface area (Å²) in [6, 6.07) is 33.7. The highest BCUT2D eigenvalue weighted by molar-refractivity contribution is 7.81. The molecule has 6 heteroatoms. The summed E-state index contributed by atoms with van der Waals surface area (Å²) in [6.07, 6.45) is 2.31. The van der Waals surface area contributed by atoms with Gasteiger partial charge in [0.15, 0.2) is 5.11 Å². The second-order valence-corrected chi connectivity index (χ2v) is 9.07. The van der Waals surface area contributed by atoms with Gasteiger partial charge >= 0.3 is 0 Å². The van der Waals surface area contributed by atoms with Crippen molar-refractivity contribution >= 4 is 58.2 Å². The summed E-state index contributed by atoms with van der Waals surface area (Å²) in [5.41, 5.74) is 4.08. The standard InChI is InChI=1S/C30H21ClN2O2S/c31-27-14-8-7-9-23(27)19-21-15-17-22(18-16-21)20-26-28(34)32(24-10-3-1-4-11-24)30(36)33(29(26)35)25-12-5-2-6-13-25/h1-18,20H,19H2. The lowest BCUT2D eigenvalue weighted by Gasteiger charge is -2.36. The zero-order valence-corrected chi connectivity index (χ0v) is 20.7. The van der Waals surface area contributed by atoms with E-state index in [0.29, 0.717) is 17.8 Å². The molecule has 1 saturated heterocycles. The largest absolute Gasteiger partial charge is 0.270 e. The molecule has 4 nitrogen and oxygen atoms in total. The molecule has 0 radical (unpaired) electrons. The predicted octanol–water partition coefficient (Wildman–Crippen LogP) is 6.68. The van der Waals surface area contributed by atoms with Gasteiger partial charge in [0.05, 0.1) is 11.4 Å². The Balaban J connectivity index is 1.51. The number of amides is 2. The van der Waals surface area contributed by atoms with E-state index in [2.05, 4.69) is 0 Å². The zero-order chi connectivity index (χ0) is 25.1. The second-order valence-electron chi connectivity index (χ2n) is 8.30. The van der Waals surface area contributed by atoms with Crippen molar-refractivity contribution in [2.75, 3.05) is 9.80 Å². The molecular formula is C30H21ClN2O2S. The lowest BCUT2D eigenvalue weighted by molar-refractivity contribution is -0.120. The summed E-state index contributed by atoms with van der Waals surface area (Å²) in [6.45, 7) is 0. The maximum atomic E-state index is 13.6.